The van der Waals surface area contributed by atoms with Crippen molar-refractivity contribution in [2.75, 3.05) is 42.3 Å². The quantitative estimate of drug-likeness (QED) is 0.194. The number of amides is 2. The third-order valence-electron chi connectivity index (χ3n) is 5.11. The number of anilines is 3. The summed E-state index contributed by atoms with van der Waals surface area (Å²) in [7, 11) is 0. The van der Waals surface area contributed by atoms with Crippen LogP contribution in [0.4, 0.5) is 22.0 Å². The number of ether oxygens (including phenoxy) is 2. The fourth-order valence-electron chi connectivity index (χ4n) is 3.51. The first-order chi connectivity index (χ1) is 18.4. The second-order valence-corrected chi connectivity index (χ2v) is 7.76. The molecule has 0 radical (unpaired) electrons. The maximum absolute atomic E-state index is 12.6. The van der Waals surface area contributed by atoms with Gasteiger partial charge >= 0.3 is 17.8 Å². The zero-order valence-corrected chi connectivity index (χ0v) is 20.7. The molecule has 0 aliphatic heterocycles. The molecule has 0 bridgehead atoms. The third kappa shape index (κ3) is 6.07. The van der Waals surface area contributed by atoms with Crippen molar-refractivity contribution < 1.29 is 28.6 Å². The van der Waals surface area contributed by atoms with E-state index in [1.54, 1.807) is 50.2 Å². The normalized spacial score (nSPS) is 10.7. The number of H-pyrrole nitrogens is 1. The van der Waals surface area contributed by atoms with Crippen LogP contribution >= 0.6 is 0 Å². The van der Waals surface area contributed by atoms with Crippen molar-refractivity contribution in [3.05, 3.63) is 58.7 Å². The Kier molecular flexibility index (Phi) is 8.18. The van der Waals surface area contributed by atoms with Crippen LogP contribution < -0.4 is 26.4 Å². The first kappa shape index (κ1) is 26.2. The average Bonchev–Trinajstić information content (AvgIpc) is 3.27. The zero-order valence-electron chi connectivity index (χ0n) is 20.7. The van der Waals surface area contributed by atoms with Crippen molar-refractivity contribution in [1.82, 2.24) is 15.0 Å². The number of aromatic amines is 1. The van der Waals surface area contributed by atoms with Gasteiger partial charge in [-0.2, -0.15) is 0 Å². The highest BCUT2D eigenvalue weighted by molar-refractivity contribution is 6.00. The number of aromatic nitrogens is 3. The predicted octanol–water partition coefficient (Wildman–Crippen LogP) is 3.20. The van der Waals surface area contributed by atoms with Gasteiger partial charge in [0.2, 0.25) is 0 Å². The van der Waals surface area contributed by atoms with Crippen LogP contribution in [-0.2, 0) is 4.74 Å². The summed E-state index contributed by atoms with van der Waals surface area (Å²) in [4.78, 5) is 47.8. The molecule has 2 heterocycles. The lowest BCUT2D eigenvalue weighted by Crippen LogP contribution is -2.19. The molecule has 0 aliphatic carbocycles. The molecule has 2 aromatic carbocycles. The molecule has 4 aromatic rings. The van der Waals surface area contributed by atoms with Gasteiger partial charge in [-0.1, -0.05) is 0 Å². The zero-order chi connectivity index (χ0) is 27.1. The van der Waals surface area contributed by atoms with Crippen molar-refractivity contribution in [1.29, 1.82) is 0 Å². The molecule has 0 saturated heterocycles. The first-order valence-electron chi connectivity index (χ1n) is 11.8. The number of nitrogens with zero attached hydrogens (tertiary/aromatic N) is 2. The van der Waals surface area contributed by atoms with Crippen molar-refractivity contribution in [2.24, 2.45) is 0 Å². The number of nitrogens with one attached hydrogen (secondary N) is 4. The van der Waals surface area contributed by atoms with Gasteiger partial charge in [0, 0.05) is 29.5 Å². The van der Waals surface area contributed by atoms with Gasteiger partial charge in [-0.3, -0.25) is 4.98 Å². The Labute approximate surface area is 216 Å². The molecule has 0 atom stereocenters. The highest BCUT2D eigenvalue weighted by atomic mass is 16.5. The van der Waals surface area contributed by atoms with E-state index in [9.17, 15) is 19.5 Å². The second kappa shape index (κ2) is 11.9. The van der Waals surface area contributed by atoms with Crippen LogP contribution in [0.2, 0.25) is 0 Å². The van der Waals surface area contributed by atoms with Crippen LogP contribution in [0.15, 0.2) is 51.7 Å². The van der Waals surface area contributed by atoms with Gasteiger partial charge in [-0.05, 0) is 50.2 Å². The van der Waals surface area contributed by atoms with Crippen LogP contribution in [0, 0.1) is 0 Å². The van der Waals surface area contributed by atoms with Gasteiger partial charge in [-0.25, -0.2) is 24.4 Å². The smallest absolute Gasteiger partial charge is 0.417 e. The summed E-state index contributed by atoms with van der Waals surface area (Å²) < 4.78 is 15.8. The minimum Gasteiger partial charge on any atom is -0.488 e. The van der Waals surface area contributed by atoms with Crippen molar-refractivity contribution >= 4 is 40.3 Å². The number of rotatable bonds is 10. The van der Waals surface area contributed by atoms with Crippen molar-refractivity contribution in [3.63, 3.8) is 0 Å². The van der Waals surface area contributed by atoms with E-state index in [0.29, 0.717) is 28.0 Å². The van der Waals surface area contributed by atoms with Crippen LogP contribution in [-0.4, -0.2) is 58.4 Å². The van der Waals surface area contributed by atoms with Gasteiger partial charge < -0.3 is 34.9 Å². The lowest BCUT2D eigenvalue weighted by atomic mass is 10.2. The maximum atomic E-state index is 12.6. The molecular weight excluding hydrogens is 496 g/mol. The van der Waals surface area contributed by atoms with E-state index in [-0.39, 0.29) is 49.5 Å². The van der Waals surface area contributed by atoms with Crippen LogP contribution in [0.5, 0.6) is 5.75 Å². The minimum atomic E-state index is -0.668. The number of hydrogen-bond donors (Lipinski definition) is 5. The number of fused-ring (bicyclic) bond motifs is 1. The third-order valence-corrected chi connectivity index (χ3v) is 5.11. The van der Waals surface area contributed by atoms with Gasteiger partial charge in [0.1, 0.15) is 0 Å². The van der Waals surface area contributed by atoms with Crippen LogP contribution in [0.1, 0.15) is 24.3 Å². The standard InChI is InChI=1S/C25H26N6O7/c1-3-36-20-19(23(33)37-4-2)30-21(31-22(20)26-11-12-32)14-5-7-15(8-6-14)27-24(34)28-16-9-10-17-18(13-16)38-25(35)29-17/h5-10,13,32H,3-4,11-12H2,1-2H3,(H,29,35)(H,26,30,31)(H2,27,28,34). The summed E-state index contributed by atoms with van der Waals surface area (Å²) in [6, 6.07) is 10.9. The van der Waals surface area contributed by atoms with E-state index in [0.717, 1.165) is 0 Å². The number of carbonyl (C=O) groups excluding carboxylic acids is 2. The lowest BCUT2D eigenvalue weighted by Gasteiger charge is -2.15. The summed E-state index contributed by atoms with van der Waals surface area (Å²) >= 11 is 0. The molecule has 0 unspecified atom stereocenters. The van der Waals surface area contributed by atoms with Gasteiger partial charge in [-0.15, -0.1) is 0 Å². The predicted molar refractivity (Wildman–Crippen MR) is 140 cm³/mol. The monoisotopic (exact) mass is 522 g/mol. The van der Waals surface area contributed by atoms with Crippen molar-refractivity contribution in [2.45, 2.75) is 13.8 Å². The fourth-order valence-corrected chi connectivity index (χ4v) is 3.51. The number of aliphatic hydroxyl groups is 1. The van der Waals surface area contributed by atoms with E-state index in [1.165, 1.54) is 6.07 Å². The second-order valence-electron chi connectivity index (χ2n) is 7.76. The Balaban J connectivity index is 1.54. The SMILES string of the molecule is CCOC(=O)c1nc(-c2ccc(NC(=O)Nc3ccc4[nH]c(=O)oc4c3)cc2)nc(NCCO)c1OCC. The molecule has 13 heteroatoms. The van der Waals surface area contributed by atoms with E-state index in [4.69, 9.17) is 13.9 Å². The topological polar surface area (TPSA) is 181 Å². The van der Waals surface area contributed by atoms with E-state index < -0.39 is 17.8 Å². The molecule has 198 valence electrons. The number of aliphatic hydroxyl groups excluding tert-OH is 1. The molecule has 5 N–H and O–H groups in total. The Morgan fingerprint density at radius 2 is 1.76 bits per heavy atom. The molecular formula is C25H26N6O7. The van der Waals surface area contributed by atoms with E-state index in [1.807, 2.05) is 0 Å². The van der Waals surface area contributed by atoms with Crippen LogP contribution in [0.25, 0.3) is 22.5 Å². The Bertz CT molecular complexity index is 1500. The molecule has 38 heavy (non-hydrogen) atoms. The minimum absolute atomic E-state index is 0.0454. The number of carbonyl (C=O) groups is 2. The number of urea groups is 1. The van der Waals surface area contributed by atoms with E-state index in [2.05, 4.69) is 30.9 Å². The first-order valence-corrected chi connectivity index (χ1v) is 11.8. The number of oxazole rings is 1. The molecule has 0 saturated carbocycles. The molecule has 4 rings (SSSR count). The number of esters is 1. The molecule has 0 aliphatic rings. The van der Waals surface area contributed by atoms with Gasteiger partial charge in [0.05, 0.1) is 25.3 Å². The largest absolute Gasteiger partial charge is 0.488 e. The summed E-state index contributed by atoms with van der Waals surface area (Å²) in [5.74, 6) is -0.655. The van der Waals surface area contributed by atoms with Gasteiger partial charge in [0.15, 0.2) is 28.7 Å². The summed E-state index contributed by atoms with van der Waals surface area (Å²) in [6.07, 6.45) is 0. The summed E-state index contributed by atoms with van der Waals surface area (Å²) in [5.41, 5.74) is 2.28. The number of benzene rings is 2. The Hall–Kier alpha value is -4.91. The summed E-state index contributed by atoms with van der Waals surface area (Å²) in [5, 5.41) is 17.6. The lowest BCUT2D eigenvalue weighted by molar-refractivity contribution is 0.0514. The molecule has 0 fully saturated rings. The number of hydrogen-bond acceptors (Lipinski definition) is 10. The summed E-state index contributed by atoms with van der Waals surface area (Å²) in [6.45, 7) is 3.88. The molecule has 13 nitrogen and oxygen atoms in total. The average molecular weight is 523 g/mol. The van der Waals surface area contributed by atoms with Gasteiger partial charge in [0.25, 0.3) is 0 Å². The van der Waals surface area contributed by atoms with Crippen LogP contribution in [0.3, 0.4) is 0 Å². The Morgan fingerprint density at radius 1 is 1.03 bits per heavy atom. The van der Waals surface area contributed by atoms with Crippen molar-refractivity contribution in [3.8, 4) is 17.1 Å². The molecule has 2 amide bonds. The molecule has 0 spiro atoms. The van der Waals surface area contributed by atoms with E-state index >= 15 is 0 Å². The maximum Gasteiger partial charge on any atom is 0.417 e. The Morgan fingerprint density at radius 3 is 2.47 bits per heavy atom. The molecule has 2 aromatic heterocycles. The fraction of sp³-hybridized carbons (Fsp3) is 0.240. The highest BCUT2D eigenvalue weighted by Gasteiger charge is 2.23. The highest BCUT2D eigenvalue weighted by Crippen LogP contribution is 2.30.